The lowest BCUT2D eigenvalue weighted by molar-refractivity contribution is -0.152. The van der Waals surface area contributed by atoms with E-state index < -0.39 is 12.2 Å². The molecule has 0 aromatic heterocycles. The molecule has 1 heterocycles. The van der Waals surface area contributed by atoms with Crippen LogP contribution in [0.4, 0.5) is 24.5 Å². The Morgan fingerprint density at radius 1 is 1.32 bits per heavy atom. The first kappa shape index (κ1) is 13.8. The topological polar surface area (TPSA) is 38.5 Å². The van der Waals surface area contributed by atoms with Gasteiger partial charge < -0.3 is 15.4 Å². The van der Waals surface area contributed by atoms with Gasteiger partial charge in [0.05, 0.1) is 18.5 Å². The van der Waals surface area contributed by atoms with Crippen LogP contribution < -0.4 is 15.4 Å². The summed E-state index contributed by atoms with van der Waals surface area (Å²) in [4.78, 5) is 1.36. The van der Waals surface area contributed by atoms with Crippen molar-refractivity contribution in [3.05, 3.63) is 18.2 Å². The Labute approximate surface area is 110 Å². The number of alkyl halides is 3. The number of nitrogens with two attached hydrogens (primary N) is 1. The zero-order chi connectivity index (χ0) is 14.0. The van der Waals surface area contributed by atoms with E-state index >= 15 is 0 Å². The minimum atomic E-state index is -4.24. The fourth-order valence-corrected chi connectivity index (χ4v) is 2.55. The molecule has 0 radical (unpaired) electrons. The molecule has 1 aliphatic heterocycles. The van der Waals surface area contributed by atoms with Crippen LogP contribution in [-0.2, 0) is 0 Å². The number of nitrogens with zero attached hydrogens (tertiary/aromatic N) is 1. The fraction of sp³-hybridized carbons (Fsp3) is 0.538. The van der Waals surface area contributed by atoms with Crippen LogP contribution in [0.25, 0.3) is 0 Å². The predicted octanol–water partition coefficient (Wildman–Crippen LogP) is 3.20. The Hall–Kier alpha value is -1.59. The maximum atomic E-state index is 13.1. The predicted molar refractivity (Wildman–Crippen MR) is 68.4 cm³/mol. The van der Waals surface area contributed by atoms with Crippen LogP contribution in [0.1, 0.15) is 19.3 Å². The van der Waals surface area contributed by atoms with Crippen molar-refractivity contribution in [2.75, 3.05) is 24.3 Å². The van der Waals surface area contributed by atoms with Crippen molar-refractivity contribution in [2.24, 2.45) is 0 Å². The van der Waals surface area contributed by atoms with Gasteiger partial charge >= 0.3 is 6.18 Å². The second-order valence-electron chi connectivity index (χ2n) is 4.65. The first-order valence-corrected chi connectivity index (χ1v) is 6.21. The fourth-order valence-electron chi connectivity index (χ4n) is 2.55. The summed E-state index contributed by atoms with van der Waals surface area (Å²) in [5.74, 6) is 0.318. The largest absolute Gasteiger partial charge is 0.492 e. The molecular weight excluding hydrogens is 257 g/mol. The number of anilines is 2. The highest BCUT2D eigenvalue weighted by atomic mass is 19.4. The number of rotatable bonds is 2. The van der Waals surface area contributed by atoms with Crippen molar-refractivity contribution in [3.8, 4) is 5.75 Å². The van der Waals surface area contributed by atoms with Gasteiger partial charge in [0.15, 0.2) is 5.75 Å². The second-order valence-corrected chi connectivity index (χ2v) is 4.65. The van der Waals surface area contributed by atoms with Crippen molar-refractivity contribution in [1.29, 1.82) is 0 Å². The summed E-state index contributed by atoms with van der Waals surface area (Å²) < 4.78 is 44.5. The van der Waals surface area contributed by atoms with Gasteiger partial charge in [-0.2, -0.15) is 13.2 Å². The Morgan fingerprint density at radius 3 is 2.68 bits per heavy atom. The molecule has 0 aliphatic carbocycles. The number of para-hydroxylation sites is 1. The van der Waals surface area contributed by atoms with Gasteiger partial charge in [0.25, 0.3) is 0 Å². The lowest BCUT2D eigenvalue weighted by atomic mass is 10.0. The molecule has 1 saturated heterocycles. The third-order valence-electron chi connectivity index (χ3n) is 3.42. The summed E-state index contributed by atoms with van der Waals surface area (Å²) in [5, 5.41) is 0. The number of nitrogen functional groups attached to an aromatic ring is 1. The zero-order valence-corrected chi connectivity index (χ0v) is 10.7. The monoisotopic (exact) mass is 274 g/mol. The van der Waals surface area contributed by atoms with E-state index in [1.54, 1.807) is 18.2 Å². The summed E-state index contributed by atoms with van der Waals surface area (Å²) >= 11 is 0. The Kier molecular flexibility index (Phi) is 3.78. The molecule has 1 unspecified atom stereocenters. The molecule has 1 aromatic carbocycles. The number of piperidine rings is 1. The van der Waals surface area contributed by atoms with Crippen LogP contribution in [0, 0.1) is 0 Å². The van der Waals surface area contributed by atoms with Crippen molar-refractivity contribution in [3.63, 3.8) is 0 Å². The second kappa shape index (κ2) is 5.19. The lowest BCUT2D eigenvalue weighted by Crippen LogP contribution is -2.49. The quantitative estimate of drug-likeness (QED) is 0.842. The minimum absolute atomic E-state index is 0.113. The van der Waals surface area contributed by atoms with E-state index in [9.17, 15) is 13.2 Å². The van der Waals surface area contributed by atoms with Crippen molar-refractivity contribution >= 4 is 11.4 Å². The van der Waals surface area contributed by atoms with Gasteiger partial charge in [-0.05, 0) is 31.4 Å². The van der Waals surface area contributed by atoms with Crippen LogP contribution in [0.3, 0.4) is 0 Å². The van der Waals surface area contributed by atoms with E-state index in [4.69, 9.17) is 10.5 Å². The number of benzene rings is 1. The highest BCUT2D eigenvalue weighted by Gasteiger charge is 2.45. The van der Waals surface area contributed by atoms with E-state index in [-0.39, 0.29) is 6.42 Å². The molecule has 0 bridgehead atoms. The maximum absolute atomic E-state index is 13.1. The van der Waals surface area contributed by atoms with E-state index in [0.29, 0.717) is 30.1 Å². The molecule has 6 heteroatoms. The smallest absolute Gasteiger partial charge is 0.408 e. The van der Waals surface area contributed by atoms with Crippen LogP contribution >= 0.6 is 0 Å². The molecule has 2 rings (SSSR count). The van der Waals surface area contributed by atoms with Crippen molar-refractivity contribution in [2.45, 2.75) is 31.5 Å². The SMILES string of the molecule is COc1c(N)cccc1N1CCCCC1C(F)(F)F. The summed E-state index contributed by atoms with van der Waals surface area (Å²) in [5.41, 5.74) is 6.53. The molecule has 2 N–H and O–H groups in total. The van der Waals surface area contributed by atoms with Gasteiger partial charge in [0, 0.05) is 6.54 Å². The van der Waals surface area contributed by atoms with Crippen LogP contribution in [0.2, 0.25) is 0 Å². The van der Waals surface area contributed by atoms with Gasteiger partial charge in [0.1, 0.15) is 6.04 Å². The van der Waals surface area contributed by atoms with E-state index in [2.05, 4.69) is 0 Å². The van der Waals surface area contributed by atoms with Crippen LogP contribution in [0.15, 0.2) is 18.2 Å². The average molecular weight is 274 g/mol. The molecule has 0 saturated carbocycles. The molecular formula is C13H17F3N2O. The summed E-state index contributed by atoms with van der Waals surface area (Å²) in [6, 6.07) is 3.43. The molecule has 3 nitrogen and oxygen atoms in total. The molecule has 1 aliphatic rings. The minimum Gasteiger partial charge on any atom is -0.492 e. The average Bonchev–Trinajstić information content (AvgIpc) is 2.37. The summed E-state index contributed by atoms with van der Waals surface area (Å²) in [6.45, 7) is 0.365. The van der Waals surface area contributed by atoms with Crippen molar-refractivity contribution < 1.29 is 17.9 Å². The van der Waals surface area contributed by atoms with Crippen LogP contribution in [-0.4, -0.2) is 25.9 Å². The lowest BCUT2D eigenvalue weighted by Gasteiger charge is -2.39. The Bertz CT molecular complexity index is 448. The van der Waals surface area contributed by atoms with Gasteiger partial charge in [-0.3, -0.25) is 0 Å². The number of methoxy groups -OCH3 is 1. The van der Waals surface area contributed by atoms with E-state index in [0.717, 1.165) is 6.42 Å². The zero-order valence-electron chi connectivity index (χ0n) is 10.7. The molecule has 106 valence electrons. The first-order valence-electron chi connectivity index (χ1n) is 6.21. The Morgan fingerprint density at radius 2 is 2.05 bits per heavy atom. The standard InChI is InChI=1S/C13H17F3N2O/c1-19-12-9(17)5-4-6-10(12)18-8-3-2-7-11(18)13(14,15)16/h4-6,11H,2-3,7-8,17H2,1H3. The number of hydrogen-bond acceptors (Lipinski definition) is 3. The highest BCUT2D eigenvalue weighted by Crippen LogP contribution is 2.41. The van der Waals surface area contributed by atoms with Gasteiger partial charge in [-0.1, -0.05) is 6.07 Å². The van der Waals surface area contributed by atoms with E-state index in [1.807, 2.05) is 0 Å². The van der Waals surface area contributed by atoms with Gasteiger partial charge in [-0.25, -0.2) is 0 Å². The van der Waals surface area contributed by atoms with Crippen LogP contribution in [0.5, 0.6) is 5.75 Å². The summed E-state index contributed by atoms with van der Waals surface area (Å²) in [6.07, 6.45) is -2.80. The summed E-state index contributed by atoms with van der Waals surface area (Å²) in [7, 11) is 1.42. The molecule has 1 aromatic rings. The molecule has 0 spiro atoms. The normalized spacial score (nSPS) is 20.4. The number of ether oxygens (including phenoxy) is 1. The molecule has 1 fully saturated rings. The molecule has 19 heavy (non-hydrogen) atoms. The number of hydrogen-bond donors (Lipinski definition) is 1. The molecule has 1 atom stereocenters. The number of halogens is 3. The highest BCUT2D eigenvalue weighted by molar-refractivity contribution is 5.70. The van der Waals surface area contributed by atoms with E-state index in [1.165, 1.54) is 12.0 Å². The van der Waals surface area contributed by atoms with Gasteiger partial charge in [0.2, 0.25) is 0 Å². The third kappa shape index (κ3) is 2.72. The van der Waals surface area contributed by atoms with Gasteiger partial charge in [-0.15, -0.1) is 0 Å². The maximum Gasteiger partial charge on any atom is 0.408 e. The Balaban J connectivity index is 2.40. The third-order valence-corrected chi connectivity index (χ3v) is 3.42. The molecule has 0 amide bonds. The first-order chi connectivity index (χ1) is 8.95. The van der Waals surface area contributed by atoms with Crippen molar-refractivity contribution in [1.82, 2.24) is 0 Å².